The molecule has 5 heterocycles. The van der Waals surface area contributed by atoms with Gasteiger partial charge in [0.1, 0.15) is 6.61 Å². The minimum absolute atomic E-state index is 0.619. The minimum Gasteiger partial charge on any atom is -0.475 e. The van der Waals surface area contributed by atoms with Crippen molar-refractivity contribution in [3.8, 4) is 62.6 Å². The van der Waals surface area contributed by atoms with Gasteiger partial charge in [0, 0.05) is 44.3 Å². The maximum atomic E-state index is 16.3. The van der Waals surface area contributed by atoms with Crippen molar-refractivity contribution in [2.45, 2.75) is 0 Å². The molecule has 4 aromatic carbocycles. The van der Waals surface area contributed by atoms with Gasteiger partial charge < -0.3 is 14.7 Å². The van der Waals surface area contributed by atoms with Gasteiger partial charge in [0.15, 0.2) is 87.2 Å². The molecule has 7 aromatic rings. The summed E-state index contributed by atoms with van der Waals surface area (Å²) in [6, 6.07) is 2.65. The monoisotopic (exact) mass is 1010 g/mol. The van der Waals surface area contributed by atoms with Gasteiger partial charge in [-0.2, -0.15) is 8.78 Å². The summed E-state index contributed by atoms with van der Waals surface area (Å²) in [6.07, 6.45) is 7.57. The van der Waals surface area contributed by atoms with Crippen LogP contribution >= 0.6 is 0 Å². The molecule has 0 aliphatic carbocycles. The number of aromatic nitrogens is 4. The molecule has 0 radical (unpaired) electrons. The van der Waals surface area contributed by atoms with Gasteiger partial charge in [-0.15, -0.1) is 6.42 Å². The van der Waals surface area contributed by atoms with E-state index in [0.29, 0.717) is 48.6 Å². The first-order valence-corrected chi connectivity index (χ1v) is 19.3. The van der Waals surface area contributed by atoms with Crippen LogP contribution in [0.25, 0.3) is 90.9 Å². The summed E-state index contributed by atoms with van der Waals surface area (Å²) in [5, 5.41) is 0. The lowest BCUT2D eigenvalue weighted by molar-refractivity contribution is 0.307. The Hall–Kier alpha value is -8.49. The number of ether oxygens (including phenoxy) is 1. The van der Waals surface area contributed by atoms with Crippen molar-refractivity contribution in [2.24, 2.45) is 0 Å². The third-order valence-corrected chi connectivity index (χ3v) is 10.9. The zero-order valence-corrected chi connectivity index (χ0v) is 33.9. The predicted octanol–water partition coefficient (Wildman–Crippen LogP) is 14.0. The Morgan fingerprint density at radius 2 is 0.535 bits per heavy atom. The van der Waals surface area contributed by atoms with Crippen LogP contribution in [0.5, 0.6) is 5.75 Å². The topological polar surface area (TPSA) is 66.6 Å². The van der Waals surface area contributed by atoms with Gasteiger partial charge in [0.2, 0.25) is 29.1 Å². The highest BCUT2D eigenvalue weighted by Gasteiger charge is 2.35. The summed E-state index contributed by atoms with van der Waals surface area (Å²) in [5.74, 6) is -48.4. The van der Waals surface area contributed by atoms with Crippen molar-refractivity contribution >= 4 is 46.4 Å². The summed E-state index contributed by atoms with van der Waals surface area (Å²) in [5.41, 5.74) is -19.9. The number of nitrogens with one attached hydrogen (secondary N) is 2. The van der Waals surface area contributed by atoms with Gasteiger partial charge in [0.05, 0.1) is 45.0 Å². The number of terminal acetylenes is 1. The molecule has 0 amide bonds. The van der Waals surface area contributed by atoms with E-state index in [2.05, 4.69) is 24.7 Å². The second-order valence-corrected chi connectivity index (χ2v) is 14.8. The molecule has 0 fully saturated rings. The van der Waals surface area contributed by atoms with Crippen molar-refractivity contribution in [2.75, 3.05) is 6.61 Å². The molecule has 24 heteroatoms. The molecule has 71 heavy (non-hydrogen) atoms. The van der Waals surface area contributed by atoms with Crippen molar-refractivity contribution < 1.29 is 88.2 Å². The van der Waals surface area contributed by atoms with Gasteiger partial charge in [-0.25, -0.2) is 84.6 Å². The van der Waals surface area contributed by atoms with E-state index in [4.69, 9.17) is 6.42 Å². The number of benzene rings is 4. The van der Waals surface area contributed by atoms with E-state index in [0.717, 1.165) is 0 Å². The van der Waals surface area contributed by atoms with Crippen molar-refractivity contribution in [3.05, 3.63) is 158 Å². The number of hydrogen-bond donors (Lipinski definition) is 2. The molecule has 2 N–H and O–H groups in total. The average molecular weight is 1010 g/mol. The standard InChI is InChI=1S/C47H13F19N4O/c1-2-11-71-47-45(65)34(54)27(35(55)46(47)66)23-18-9-7-16(69-18)21(25-30(50)38(58)43(63)39(59)31(25)51)14-5-3-12(67-14)20(24-28(48)36(56)42(62)37(57)29(24)49)13-4-6-15(68-13)22(17-8-10-19(23)70-17)26-32(52)40(60)44(64)41(61)33(26)53/h1,3-10,67,70H,11H2. The van der Waals surface area contributed by atoms with Crippen LogP contribution in [-0.4, -0.2) is 26.5 Å². The first-order valence-electron chi connectivity index (χ1n) is 19.3. The Balaban J connectivity index is 1.58. The maximum absolute atomic E-state index is 16.3. The predicted molar refractivity (Wildman–Crippen MR) is 214 cm³/mol. The lowest BCUT2D eigenvalue weighted by Crippen LogP contribution is -2.07. The van der Waals surface area contributed by atoms with Crippen LogP contribution in [0.1, 0.15) is 22.8 Å². The number of aromatic amines is 2. The number of halogens is 19. The Morgan fingerprint density at radius 3 is 0.761 bits per heavy atom. The maximum Gasteiger partial charge on any atom is 0.204 e. The molecule has 0 saturated carbocycles. The Morgan fingerprint density at radius 1 is 0.324 bits per heavy atom. The summed E-state index contributed by atoms with van der Waals surface area (Å²) in [6.45, 7) is -0.970. The highest BCUT2D eigenvalue weighted by molar-refractivity contribution is 6.00. The van der Waals surface area contributed by atoms with Crippen LogP contribution in [-0.2, 0) is 0 Å². The zero-order chi connectivity index (χ0) is 51.4. The average Bonchev–Trinajstić information content (AvgIpc) is 4.22. The van der Waals surface area contributed by atoms with Crippen LogP contribution in [0.2, 0.25) is 0 Å². The van der Waals surface area contributed by atoms with E-state index >= 15 is 43.9 Å². The molecular weight excluding hydrogens is 998 g/mol. The van der Waals surface area contributed by atoms with Crippen LogP contribution < -0.4 is 4.74 Å². The molecule has 2 aliphatic rings. The van der Waals surface area contributed by atoms with Gasteiger partial charge in [-0.05, 0) is 48.6 Å². The van der Waals surface area contributed by atoms with Crippen molar-refractivity contribution in [1.29, 1.82) is 0 Å². The third-order valence-electron chi connectivity index (χ3n) is 10.9. The molecule has 2 aliphatic heterocycles. The number of H-pyrrole nitrogens is 2. The summed E-state index contributed by atoms with van der Waals surface area (Å²) >= 11 is 0. The van der Waals surface area contributed by atoms with Gasteiger partial charge >= 0.3 is 0 Å². The minimum atomic E-state index is -2.71. The number of rotatable bonds is 6. The second kappa shape index (κ2) is 17.2. The SMILES string of the molecule is C#CCOc1c(F)c(F)c(-c2c3nc(c(-c4c(F)c(F)c(F)c(F)c4F)c4ccc([nH]4)c(-c4c(F)c(F)c(F)c(F)c4F)c4nc(c(-c5c(F)c(F)c(F)c(F)c5F)c5ccc2[nH]5)C=C4)C=C3)c(F)c1F. The molecule has 360 valence electrons. The molecule has 8 bridgehead atoms. The Labute approximate surface area is 380 Å². The zero-order valence-electron chi connectivity index (χ0n) is 33.9. The summed E-state index contributed by atoms with van der Waals surface area (Å²) < 4.78 is 297. The Bertz CT molecular complexity index is 3670. The summed E-state index contributed by atoms with van der Waals surface area (Å²) in [7, 11) is 0. The fourth-order valence-corrected chi connectivity index (χ4v) is 7.80. The van der Waals surface area contributed by atoms with Crippen molar-refractivity contribution in [3.63, 3.8) is 0 Å². The molecule has 0 atom stereocenters. The van der Waals surface area contributed by atoms with E-state index in [9.17, 15) is 39.5 Å². The molecule has 0 unspecified atom stereocenters. The van der Waals surface area contributed by atoms with E-state index in [1.807, 2.05) is 0 Å². The highest BCUT2D eigenvalue weighted by atomic mass is 19.2. The van der Waals surface area contributed by atoms with Gasteiger partial charge in [-0.3, -0.25) is 0 Å². The van der Waals surface area contributed by atoms with Gasteiger partial charge in [-0.1, -0.05) is 5.92 Å². The summed E-state index contributed by atoms with van der Waals surface area (Å²) in [4.78, 5) is 12.6. The van der Waals surface area contributed by atoms with E-state index in [1.165, 1.54) is 0 Å². The fraction of sp³-hybridized carbons (Fsp3) is 0.0213. The second-order valence-electron chi connectivity index (χ2n) is 14.8. The van der Waals surface area contributed by atoms with Crippen LogP contribution in [0.15, 0.2) is 24.3 Å². The molecule has 9 rings (SSSR count). The molecular formula is C47H13F19N4O. The van der Waals surface area contributed by atoms with E-state index in [-0.39, 0.29) is 0 Å². The van der Waals surface area contributed by atoms with Crippen molar-refractivity contribution in [1.82, 2.24) is 19.9 Å². The van der Waals surface area contributed by atoms with Crippen LogP contribution in [0, 0.1) is 123 Å². The van der Waals surface area contributed by atoms with E-state index < -0.39 is 212 Å². The van der Waals surface area contributed by atoms with E-state index in [1.54, 1.807) is 5.92 Å². The smallest absolute Gasteiger partial charge is 0.204 e. The lowest BCUT2D eigenvalue weighted by Gasteiger charge is -2.13. The van der Waals surface area contributed by atoms with Crippen LogP contribution in [0.4, 0.5) is 83.4 Å². The third kappa shape index (κ3) is 7.07. The number of fused-ring (bicyclic) bond motifs is 8. The Kier molecular flexibility index (Phi) is 11.5. The normalized spacial score (nSPS) is 12.1. The quantitative estimate of drug-likeness (QED) is 0.0755. The van der Waals surface area contributed by atoms with Crippen LogP contribution in [0.3, 0.4) is 0 Å². The highest BCUT2D eigenvalue weighted by Crippen LogP contribution is 2.45. The lowest BCUT2D eigenvalue weighted by atomic mass is 10.0. The molecule has 0 spiro atoms. The number of nitrogens with zero attached hydrogens (tertiary/aromatic N) is 2. The fourth-order valence-electron chi connectivity index (χ4n) is 7.80. The molecule has 0 saturated heterocycles. The number of hydrogen-bond acceptors (Lipinski definition) is 3. The largest absolute Gasteiger partial charge is 0.475 e. The van der Waals surface area contributed by atoms with Gasteiger partial charge in [0.25, 0.3) is 0 Å². The molecule has 3 aromatic heterocycles. The molecule has 5 nitrogen and oxygen atoms in total. The first-order chi connectivity index (χ1) is 33.6. The first kappa shape index (κ1) is 47.6.